The maximum atomic E-state index is 12.6. The van der Waals surface area contributed by atoms with E-state index in [0.717, 1.165) is 18.7 Å². The van der Waals surface area contributed by atoms with E-state index < -0.39 is 0 Å². The van der Waals surface area contributed by atoms with Crippen LogP contribution in [0.15, 0.2) is 30.3 Å². The Morgan fingerprint density at radius 1 is 1.13 bits per heavy atom. The summed E-state index contributed by atoms with van der Waals surface area (Å²) in [4.78, 5) is 0. The third-order valence-electron chi connectivity index (χ3n) is 2.81. The Bertz CT molecular complexity index is 323. The minimum Gasteiger partial charge on any atom is -0.317 e. The van der Waals surface area contributed by atoms with E-state index in [1.807, 2.05) is 12.1 Å². The molecule has 1 saturated heterocycles. The molecule has 0 unspecified atom stereocenters. The minimum atomic E-state index is -0.172. The van der Waals surface area contributed by atoms with E-state index in [0.29, 0.717) is 5.92 Å². The molecule has 0 amide bonds. The quantitative estimate of drug-likeness (QED) is 0.782. The second-order valence-electron chi connectivity index (χ2n) is 4.00. The molecule has 0 aromatic heterocycles. The van der Waals surface area contributed by atoms with Crippen LogP contribution in [0.2, 0.25) is 0 Å². The Kier molecular flexibility index (Phi) is 3.51. The van der Waals surface area contributed by atoms with E-state index in [-0.39, 0.29) is 5.82 Å². The second-order valence-corrected chi connectivity index (χ2v) is 4.00. The summed E-state index contributed by atoms with van der Waals surface area (Å²) in [7, 11) is 0. The van der Waals surface area contributed by atoms with E-state index in [2.05, 4.69) is 17.5 Å². The summed E-state index contributed by atoms with van der Waals surface area (Å²) < 4.78 is 12.6. The van der Waals surface area contributed by atoms with Crippen LogP contribution in [0.3, 0.4) is 0 Å². The third kappa shape index (κ3) is 3.17. The minimum absolute atomic E-state index is 0.172. The summed E-state index contributed by atoms with van der Waals surface area (Å²) in [6.45, 7) is 2.22. The normalized spacial score (nSPS) is 18.5. The fourth-order valence-corrected chi connectivity index (χ4v) is 1.86. The maximum absolute atomic E-state index is 12.6. The largest absolute Gasteiger partial charge is 0.317 e. The summed E-state index contributed by atoms with van der Waals surface area (Å²) in [6.07, 6.45) is 6.75. The van der Waals surface area contributed by atoms with Crippen LogP contribution in [-0.2, 0) is 0 Å². The van der Waals surface area contributed by atoms with Crippen molar-refractivity contribution in [2.24, 2.45) is 5.92 Å². The first-order chi connectivity index (χ1) is 7.34. The van der Waals surface area contributed by atoms with Crippen molar-refractivity contribution in [3.8, 4) is 0 Å². The second kappa shape index (κ2) is 5.08. The molecule has 1 aliphatic heterocycles. The highest BCUT2D eigenvalue weighted by Crippen LogP contribution is 2.15. The van der Waals surface area contributed by atoms with Crippen LogP contribution in [0.1, 0.15) is 18.4 Å². The van der Waals surface area contributed by atoms with Crippen LogP contribution in [-0.4, -0.2) is 13.1 Å². The van der Waals surface area contributed by atoms with Gasteiger partial charge in [0.2, 0.25) is 0 Å². The average Bonchev–Trinajstić information content (AvgIpc) is 2.30. The molecule has 0 aliphatic carbocycles. The van der Waals surface area contributed by atoms with Crippen molar-refractivity contribution in [1.82, 2.24) is 5.32 Å². The molecule has 0 radical (unpaired) electrons. The van der Waals surface area contributed by atoms with E-state index >= 15 is 0 Å². The van der Waals surface area contributed by atoms with Gasteiger partial charge in [0.15, 0.2) is 0 Å². The Morgan fingerprint density at radius 3 is 2.47 bits per heavy atom. The standard InChI is InChI=1S/C13H16FN/c14-13-5-3-11(4-6-13)1-2-12-7-9-15-10-8-12/h1-6,12,15H,7-10H2/b2-1+. The molecule has 1 aliphatic rings. The van der Waals surface area contributed by atoms with Gasteiger partial charge in [-0.25, -0.2) is 4.39 Å². The molecule has 1 heterocycles. The van der Waals surface area contributed by atoms with Gasteiger partial charge >= 0.3 is 0 Å². The number of piperidine rings is 1. The van der Waals surface area contributed by atoms with Gasteiger partial charge in [-0.2, -0.15) is 0 Å². The van der Waals surface area contributed by atoms with E-state index in [4.69, 9.17) is 0 Å². The predicted molar refractivity (Wildman–Crippen MR) is 61.0 cm³/mol. The molecule has 1 aromatic rings. The van der Waals surface area contributed by atoms with Gasteiger partial charge in [-0.15, -0.1) is 0 Å². The first kappa shape index (κ1) is 10.4. The van der Waals surface area contributed by atoms with Crippen LogP contribution in [0.5, 0.6) is 0 Å². The lowest BCUT2D eigenvalue weighted by Gasteiger charge is -2.19. The van der Waals surface area contributed by atoms with E-state index in [1.165, 1.54) is 25.0 Å². The third-order valence-corrected chi connectivity index (χ3v) is 2.81. The summed E-state index contributed by atoms with van der Waals surface area (Å²) in [5.41, 5.74) is 1.08. The predicted octanol–water partition coefficient (Wildman–Crippen LogP) is 2.84. The molecule has 1 aromatic carbocycles. The Balaban J connectivity index is 1.95. The molecule has 2 heteroatoms. The van der Waals surface area contributed by atoms with Crippen LogP contribution in [0.25, 0.3) is 6.08 Å². The average molecular weight is 205 g/mol. The van der Waals surface area contributed by atoms with Gasteiger partial charge in [-0.3, -0.25) is 0 Å². The van der Waals surface area contributed by atoms with Crippen molar-refractivity contribution in [1.29, 1.82) is 0 Å². The van der Waals surface area contributed by atoms with Gasteiger partial charge in [0, 0.05) is 0 Å². The highest BCUT2D eigenvalue weighted by Gasteiger charge is 2.08. The lowest BCUT2D eigenvalue weighted by atomic mass is 9.97. The first-order valence-corrected chi connectivity index (χ1v) is 5.49. The monoisotopic (exact) mass is 205 g/mol. The molecule has 1 fully saturated rings. The summed E-state index contributed by atoms with van der Waals surface area (Å²) in [6, 6.07) is 6.63. The number of allylic oxidation sites excluding steroid dienone is 1. The first-order valence-electron chi connectivity index (χ1n) is 5.49. The Hall–Kier alpha value is -1.15. The smallest absolute Gasteiger partial charge is 0.123 e. The molecule has 0 bridgehead atoms. The molecule has 2 rings (SSSR count). The van der Waals surface area contributed by atoms with Crippen LogP contribution >= 0.6 is 0 Å². The topological polar surface area (TPSA) is 12.0 Å². The summed E-state index contributed by atoms with van der Waals surface area (Å²) >= 11 is 0. The molecule has 0 atom stereocenters. The molecular weight excluding hydrogens is 189 g/mol. The van der Waals surface area contributed by atoms with Crippen LogP contribution in [0, 0.1) is 11.7 Å². The zero-order valence-electron chi connectivity index (χ0n) is 8.75. The maximum Gasteiger partial charge on any atom is 0.123 e. The van der Waals surface area contributed by atoms with Crippen molar-refractivity contribution >= 4 is 6.08 Å². The molecule has 0 saturated carbocycles. The van der Waals surface area contributed by atoms with Crippen molar-refractivity contribution in [3.05, 3.63) is 41.7 Å². The van der Waals surface area contributed by atoms with Gasteiger partial charge in [0.1, 0.15) is 5.82 Å². The Morgan fingerprint density at radius 2 is 1.80 bits per heavy atom. The zero-order chi connectivity index (χ0) is 10.5. The van der Waals surface area contributed by atoms with Crippen molar-refractivity contribution < 1.29 is 4.39 Å². The zero-order valence-corrected chi connectivity index (χ0v) is 8.75. The van der Waals surface area contributed by atoms with E-state index in [9.17, 15) is 4.39 Å². The fraction of sp³-hybridized carbons (Fsp3) is 0.385. The van der Waals surface area contributed by atoms with Crippen molar-refractivity contribution in [3.63, 3.8) is 0 Å². The van der Waals surface area contributed by atoms with Gasteiger partial charge in [0.05, 0.1) is 0 Å². The van der Waals surface area contributed by atoms with Crippen molar-refractivity contribution in [2.45, 2.75) is 12.8 Å². The Labute approximate surface area is 90.0 Å². The molecule has 1 nitrogen and oxygen atoms in total. The number of hydrogen-bond donors (Lipinski definition) is 1. The summed E-state index contributed by atoms with van der Waals surface area (Å²) in [5, 5.41) is 3.34. The fourth-order valence-electron chi connectivity index (χ4n) is 1.86. The SMILES string of the molecule is Fc1ccc(/C=C/C2CCNCC2)cc1. The van der Waals surface area contributed by atoms with Gasteiger partial charge in [-0.1, -0.05) is 24.3 Å². The molecule has 80 valence electrons. The molecule has 1 N–H and O–H groups in total. The molecule has 15 heavy (non-hydrogen) atoms. The van der Waals surface area contributed by atoms with Crippen molar-refractivity contribution in [2.75, 3.05) is 13.1 Å². The van der Waals surface area contributed by atoms with Crippen LogP contribution < -0.4 is 5.32 Å². The number of benzene rings is 1. The number of hydrogen-bond acceptors (Lipinski definition) is 1. The van der Waals surface area contributed by atoms with Crippen LogP contribution in [0.4, 0.5) is 4.39 Å². The molecule has 0 spiro atoms. The highest BCUT2D eigenvalue weighted by molar-refractivity contribution is 5.49. The lowest BCUT2D eigenvalue weighted by molar-refractivity contribution is 0.438. The van der Waals surface area contributed by atoms with Gasteiger partial charge < -0.3 is 5.32 Å². The van der Waals surface area contributed by atoms with Gasteiger partial charge in [0.25, 0.3) is 0 Å². The highest BCUT2D eigenvalue weighted by atomic mass is 19.1. The molecular formula is C13H16FN. The number of halogens is 1. The van der Waals surface area contributed by atoms with E-state index in [1.54, 1.807) is 0 Å². The summed E-state index contributed by atoms with van der Waals surface area (Å²) in [5.74, 6) is 0.505. The van der Waals surface area contributed by atoms with Gasteiger partial charge in [-0.05, 0) is 49.5 Å². The lowest BCUT2D eigenvalue weighted by Crippen LogP contribution is -2.26. The number of nitrogens with one attached hydrogen (secondary N) is 1. The number of rotatable bonds is 2.